The number of para-hydroxylation sites is 1. The fourth-order valence-electron chi connectivity index (χ4n) is 2.16. The Morgan fingerprint density at radius 1 is 1.12 bits per heavy atom. The van der Waals surface area contributed by atoms with E-state index in [4.69, 9.17) is 0 Å². The SMILES string of the molecule is CC(=O)Nc1ccc(SCCCC(=O)Nc2nc3ccccc3s2)nn1. The fourth-order valence-corrected chi connectivity index (χ4v) is 3.80. The van der Waals surface area contributed by atoms with Crippen LogP contribution in [-0.4, -0.2) is 32.7 Å². The summed E-state index contributed by atoms with van der Waals surface area (Å²) >= 11 is 2.99. The third-order valence-electron chi connectivity index (χ3n) is 3.28. The molecule has 0 fully saturated rings. The average Bonchev–Trinajstić information content (AvgIpc) is 3.01. The first-order valence-electron chi connectivity index (χ1n) is 8.00. The molecule has 0 saturated heterocycles. The van der Waals surface area contributed by atoms with Crippen molar-refractivity contribution in [3.8, 4) is 0 Å². The molecule has 0 aliphatic heterocycles. The molecule has 2 amide bonds. The summed E-state index contributed by atoms with van der Waals surface area (Å²) in [7, 11) is 0. The maximum Gasteiger partial charge on any atom is 0.226 e. The predicted octanol–water partition coefficient (Wildman–Crippen LogP) is 3.56. The molecule has 0 unspecified atom stereocenters. The van der Waals surface area contributed by atoms with Crippen molar-refractivity contribution in [1.82, 2.24) is 15.2 Å². The molecule has 0 radical (unpaired) electrons. The number of amides is 2. The smallest absolute Gasteiger partial charge is 0.226 e. The van der Waals surface area contributed by atoms with Crippen LogP contribution in [0, 0.1) is 0 Å². The Labute approximate surface area is 158 Å². The number of nitrogens with one attached hydrogen (secondary N) is 2. The topological polar surface area (TPSA) is 96.9 Å². The molecule has 7 nitrogen and oxygen atoms in total. The van der Waals surface area contributed by atoms with Crippen LogP contribution in [-0.2, 0) is 9.59 Å². The normalized spacial score (nSPS) is 10.7. The number of fused-ring (bicyclic) bond motifs is 1. The molecule has 1 aromatic carbocycles. The highest BCUT2D eigenvalue weighted by molar-refractivity contribution is 7.99. The van der Waals surface area contributed by atoms with Crippen LogP contribution in [0.2, 0.25) is 0 Å². The summed E-state index contributed by atoms with van der Waals surface area (Å²) in [6.45, 7) is 1.42. The van der Waals surface area contributed by atoms with E-state index < -0.39 is 0 Å². The third-order valence-corrected chi connectivity index (χ3v) is 5.24. The molecular weight excluding hydrogens is 370 g/mol. The Hall–Kier alpha value is -2.52. The van der Waals surface area contributed by atoms with E-state index >= 15 is 0 Å². The van der Waals surface area contributed by atoms with Crippen molar-refractivity contribution in [1.29, 1.82) is 0 Å². The fraction of sp³-hybridized carbons (Fsp3) is 0.235. The molecule has 0 saturated carbocycles. The zero-order valence-electron chi connectivity index (χ0n) is 14.1. The van der Waals surface area contributed by atoms with Crippen LogP contribution in [0.15, 0.2) is 41.4 Å². The van der Waals surface area contributed by atoms with Crippen molar-refractivity contribution < 1.29 is 9.59 Å². The first-order chi connectivity index (χ1) is 12.6. The number of carbonyl (C=O) groups excluding carboxylic acids is 2. The van der Waals surface area contributed by atoms with E-state index in [1.165, 1.54) is 30.0 Å². The van der Waals surface area contributed by atoms with Crippen LogP contribution in [0.1, 0.15) is 19.8 Å². The lowest BCUT2D eigenvalue weighted by atomic mass is 10.3. The summed E-state index contributed by atoms with van der Waals surface area (Å²) in [6, 6.07) is 11.3. The summed E-state index contributed by atoms with van der Waals surface area (Å²) in [5.74, 6) is 0.953. The minimum absolute atomic E-state index is 0.0447. The van der Waals surface area contributed by atoms with Gasteiger partial charge < -0.3 is 10.6 Å². The summed E-state index contributed by atoms with van der Waals surface area (Å²) < 4.78 is 1.06. The van der Waals surface area contributed by atoms with Crippen molar-refractivity contribution in [2.75, 3.05) is 16.4 Å². The highest BCUT2D eigenvalue weighted by Crippen LogP contribution is 2.25. The Balaban J connectivity index is 1.40. The first-order valence-corrected chi connectivity index (χ1v) is 9.80. The van der Waals surface area contributed by atoms with Crippen molar-refractivity contribution in [2.45, 2.75) is 24.8 Å². The van der Waals surface area contributed by atoms with Gasteiger partial charge in [0.1, 0.15) is 5.03 Å². The van der Waals surface area contributed by atoms with E-state index in [1.54, 1.807) is 12.1 Å². The van der Waals surface area contributed by atoms with Crippen LogP contribution < -0.4 is 10.6 Å². The number of carbonyl (C=O) groups is 2. The molecule has 0 atom stereocenters. The molecule has 3 rings (SSSR count). The quantitative estimate of drug-likeness (QED) is 0.475. The molecule has 134 valence electrons. The zero-order chi connectivity index (χ0) is 18.4. The van der Waals surface area contributed by atoms with Gasteiger partial charge in [0.05, 0.1) is 10.2 Å². The maximum atomic E-state index is 12.0. The van der Waals surface area contributed by atoms with Crippen LogP contribution in [0.5, 0.6) is 0 Å². The van der Waals surface area contributed by atoms with Crippen LogP contribution in [0.4, 0.5) is 10.9 Å². The van der Waals surface area contributed by atoms with E-state index in [9.17, 15) is 9.59 Å². The number of thioether (sulfide) groups is 1. The lowest BCUT2D eigenvalue weighted by molar-refractivity contribution is -0.116. The van der Waals surface area contributed by atoms with Gasteiger partial charge in [-0.3, -0.25) is 9.59 Å². The number of anilines is 2. The minimum atomic E-state index is -0.182. The van der Waals surface area contributed by atoms with Crippen molar-refractivity contribution in [3.63, 3.8) is 0 Å². The Bertz CT molecular complexity index is 878. The number of nitrogens with zero attached hydrogens (tertiary/aromatic N) is 3. The maximum absolute atomic E-state index is 12.0. The molecule has 0 spiro atoms. The Morgan fingerprint density at radius 2 is 1.96 bits per heavy atom. The summed E-state index contributed by atoms with van der Waals surface area (Å²) in [4.78, 5) is 27.3. The van der Waals surface area contributed by atoms with E-state index in [2.05, 4.69) is 25.8 Å². The van der Waals surface area contributed by atoms with Crippen LogP contribution in [0.3, 0.4) is 0 Å². The second-order valence-corrected chi connectivity index (χ2v) is 7.57. The Kier molecular flexibility index (Phi) is 6.13. The van der Waals surface area contributed by atoms with E-state index in [1.807, 2.05) is 24.3 Å². The number of hydrogen-bond donors (Lipinski definition) is 2. The zero-order valence-corrected chi connectivity index (χ0v) is 15.7. The molecule has 0 aliphatic carbocycles. The molecule has 3 aromatic rings. The molecule has 2 heterocycles. The standard InChI is InChI=1S/C17H17N5O2S2/c1-11(23)18-14-8-9-16(22-21-14)25-10-4-7-15(24)20-17-19-12-5-2-3-6-13(12)26-17/h2-3,5-6,8-9H,4,7,10H2,1H3,(H,18,21,23)(H,19,20,24). The number of hydrogen-bond acceptors (Lipinski definition) is 7. The summed E-state index contributed by atoms with van der Waals surface area (Å²) in [6.07, 6.45) is 1.14. The molecule has 26 heavy (non-hydrogen) atoms. The van der Waals surface area contributed by atoms with Gasteiger partial charge in [0.2, 0.25) is 11.8 Å². The highest BCUT2D eigenvalue weighted by atomic mass is 32.2. The molecule has 0 bridgehead atoms. The first kappa shape index (κ1) is 18.3. The van der Waals surface area contributed by atoms with Gasteiger partial charge >= 0.3 is 0 Å². The second-order valence-electron chi connectivity index (χ2n) is 5.42. The molecule has 2 aromatic heterocycles. The Morgan fingerprint density at radius 3 is 2.69 bits per heavy atom. The molecular formula is C17H17N5O2S2. The lowest BCUT2D eigenvalue weighted by Crippen LogP contribution is -2.11. The van der Waals surface area contributed by atoms with Gasteiger partial charge in [0.25, 0.3) is 0 Å². The highest BCUT2D eigenvalue weighted by Gasteiger charge is 2.08. The van der Waals surface area contributed by atoms with Crippen molar-refractivity contribution >= 4 is 56.1 Å². The number of aromatic nitrogens is 3. The number of benzene rings is 1. The average molecular weight is 387 g/mol. The van der Waals surface area contributed by atoms with E-state index in [0.717, 1.165) is 27.4 Å². The van der Waals surface area contributed by atoms with Gasteiger partial charge in [-0.15, -0.1) is 22.0 Å². The molecule has 9 heteroatoms. The third kappa shape index (κ3) is 5.24. The van der Waals surface area contributed by atoms with Crippen LogP contribution >= 0.6 is 23.1 Å². The summed E-state index contributed by atoms with van der Waals surface area (Å²) in [5.41, 5.74) is 0.893. The summed E-state index contributed by atoms with van der Waals surface area (Å²) in [5, 5.41) is 14.7. The van der Waals surface area contributed by atoms with Gasteiger partial charge in [-0.05, 0) is 30.7 Å². The second kappa shape index (κ2) is 8.72. The van der Waals surface area contributed by atoms with Crippen LogP contribution in [0.25, 0.3) is 10.2 Å². The van der Waals surface area contributed by atoms with Crippen molar-refractivity contribution in [2.24, 2.45) is 0 Å². The molecule has 2 N–H and O–H groups in total. The number of thiazole rings is 1. The lowest BCUT2D eigenvalue weighted by Gasteiger charge is -2.03. The van der Waals surface area contributed by atoms with E-state index in [-0.39, 0.29) is 11.8 Å². The van der Waals surface area contributed by atoms with Gasteiger partial charge in [-0.2, -0.15) is 0 Å². The van der Waals surface area contributed by atoms with Gasteiger partial charge in [-0.25, -0.2) is 4.98 Å². The van der Waals surface area contributed by atoms with E-state index in [0.29, 0.717) is 17.4 Å². The van der Waals surface area contributed by atoms with Crippen molar-refractivity contribution in [3.05, 3.63) is 36.4 Å². The van der Waals surface area contributed by atoms with Gasteiger partial charge in [-0.1, -0.05) is 23.5 Å². The number of rotatable bonds is 7. The predicted molar refractivity (Wildman–Crippen MR) is 105 cm³/mol. The van der Waals surface area contributed by atoms with Gasteiger partial charge in [0.15, 0.2) is 10.9 Å². The molecule has 0 aliphatic rings. The van der Waals surface area contributed by atoms with Gasteiger partial charge in [0, 0.05) is 19.1 Å². The largest absolute Gasteiger partial charge is 0.309 e. The minimum Gasteiger partial charge on any atom is -0.309 e. The monoisotopic (exact) mass is 387 g/mol.